The molecule has 7 nitrogen and oxygen atoms in total. The van der Waals surface area contributed by atoms with E-state index in [1.807, 2.05) is 0 Å². The first kappa shape index (κ1) is 16.4. The highest BCUT2D eigenvalue weighted by Crippen LogP contribution is 2.20. The number of furan rings is 1. The number of benzene rings is 1. The third-order valence-electron chi connectivity index (χ3n) is 4.47. The Morgan fingerprint density at radius 2 is 1.85 bits per heavy atom. The van der Waals surface area contributed by atoms with E-state index in [0.717, 1.165) is 4.68 Å². The lowest BCUT2D eigenvalue weighted by atomic mass is 10.1. The average Bonchev–Trinajstić information content (AvgIpc) is 2.92. The summed E-state index contributed by atoms with van der Waals surface area (Å²) in [5.41, 5.74) is -0.797. The molecule has 0 aliphatic heterocycles. The van der Waals surface area contributed by atoms with Gasteiger partial charge >= 0.3 is 0 Å². The van der Waals surface area contributed by atoms with Gasteiger partial charge in [0, 0.05) is 23.5 Å². The van der Waals surface area contributed by atoms with E-state index in [9.17, 15) is 14.4 Å². The molecule has 0 amide bonds. The van der Waals surface area contributed by atoms with Gasteiger partial charge in [-0.15, -0.1) is 0 Å². The van der Waals surface area contributed by atoms with E-state index in [1.54, 1.807) is 45.2 Å². The van der Waals surface area contributed by atoms with Crippen LogP contribution in [0.4, 0.5) is 0 Å². The van der Waals surface area contributed by atoms with Crippen LogP contribution < -0.4 is 16.5 Å². The van der Waals surface area contributed by atoms with Crippen molar-refractivity contribution in [3.63, 3.8) is 0 Å². The van der Waals surface area contributed by atoms with Gasteiger partial charge in [0.2, 0.25) is 5.43 Å². The molecule has 132 valence electrons. The number of nitrogens with one attached hydrogen (secondary N) is 1. The molecule has 0 unspecified atom stereocenters. The Balaban J connectivity index is 2.27. The number of rotatable bonds is 1. The number of halogens is 1. The highest BCUT2D eigenvalue weighted by molar-refractivity contribution is 6.31. The molecule has 0 saturated carbocycles. The molecule has 0 bridgehead atoms. The van der Waals surface area contributed by atoms with Gasteiger partial charge in [-0.25, -0.2) is 4.68 Å². The van der Waals surface area contributed by atoms with Crippen molar-refractivity contribution in [1.82, 2.24) is 14.3 Å². The van der Waals surface area contributed by atoms with Gasteiger partial charge in [-0.3, -0.25) is 19.5 Å². The summed E-state index contributed by atoms with van der Waals surface area (Å²) >= 11 is 6.01. The monoisotopic (exact) mass is 371 g/mol. The molecule has 3 aromatic heterocycles. The summed E-state index contributed by atoms with van der Waals surface area (Å²) in [6.07, 6.45) is 0. The maximum atomic E-state index is 13.0. The van der Waals surface area contributed by atoms with Crippen molar-refractivity contribution in [3.8, 4) is 5.69 Å². The Morgan fingerprint density at radius 3 is 2.50 bits per heavy atom. The summed E-state index contributed by atoms with van der Waals surface area (Å²) in [5, 5.41) is 3.11. The molecular formula is C18H14ClN3O4. The van der Waals surface area contributed by atoms with Gasteiger partial charge in [-0.1, -0.05) is 11.6 Å². The van der Waals surface area contributed by atoms with Crippen molar-refractivity contribution in [2.75, 3.05) is 0 Å². The first-order valence-electron chi connectivity index (χ1n) is 7.84. The van der Waals surface area contributed by atoms with Crippen LogP contribution in [0.25, 0.3) is 27.5 Å². The third kappa shape index (κ3) is 2.17. The van der Waals surface area contributed by atoms with Gasteiger partial charge in [-0.2, -0.15) is 0 Å². The molecule has 0 fully saturated rings. The molecule has 26 heavy (non-hydrogen) atoms. The predicted octanol–water partition coefficient (Wildman–Crippen LogP) is 2.39. The quantitative estimate of drug-likeness (QED) is 0.520. The predicted molar refractivity (Wildman–Crippen MR) is 99.7 cm³/mol. The Hall–Kier alpha value is -3.06. The summed E-state index contributed by atoms with van der Waals surface area (Å²) in [5.74, 6) is 1.05. The largest absolute Gasteiger partial charge is 0.464 e. The van der Waals surface area contributed by atoms with Crippen LogP contribution >= 0.6 is 11.6 Å². The minimum atomic E-state index is -0.610. The van der Waals surface area contributed by atoms with Crippen LogP contribution in [0.15, 0.2) is 43.1 Å². The highest BCUT2D eigenvalue weighted by Gasteiger charge is 2.19. The van der Waals surface area contributed by atoms with Gasteiger partial charge in [0.1, 0.15) is 28.1 Å². The molecule has 4 rings (SSSR count). The van der Waals surface area contributed by atoms with Crippen LogP contribution in [0.5, 0.6) is 0 Å². The maximum Gasteiger partial charge on any atom is 0.287 e. The summed E-state index contributed by atoms with van der Waals surface area (Å²) in [7, 11) is 1.62. The molecule has 0 radical (unpaired) electrons. The smallest absolute Gasteiger partial charge is 0.287 e. The zero-order valence-corrected chi connectivity index (χ0v) is 15.0. The number of pyridine rings is 1. The minimum Gasteiger partial charge on any atom is -0.464 e. The van der Waals surface area contributed by atoms with Crippen molar-refractivity contribution >= 4 is 33.4 Å². The molecule has 0 atom stereocenters. The Kier molecular flexibility index (Phi) is 3.45. The van der Waals surface area contributed by atoms with Crippen LogP contribution in [0.3, 0.4) is 0 Å². The minimum absolute atomic E-state index is 0.00360. The van der Waals surface area contributed by atoms with Crippen LogP contribution in [0, 0.1) is 13.8 Å². The second kappa shape index (κ2) is 5.47. The lowest BCUT2D eigenvalue weighted by molar-refractivity contribution is 0.501. The topological polar surface area (TPSA) is 90.0 Å². The van der Waals surface area contributed by atoms with Gasteiger partial charge in [0.05, 0.1) is 5.52 Å². The van der Waals surface area contributed by atoms with Gasteiger partial charge in [0.15, 0.2) is 0 Å². The number of aromatic nitrogens is 3. The number of aromatic amines is 1. The zero-order valence-electron chi connectivity index (χ0n) is 14.2. The molecule has 0 aliphatic rings. The maximum absolute atomic E-state index is 13.0. The first-order valence-corrected chi connectivity index (χ1v) is 8.22. The second-order valence-electron chi connectivity index (χ2n) is 6.15. The number of H-pyrrole nitrogens is 1. The van der Waals surface area contributed by atoms with Crippen LogP contribution in [0.2, 0.25) is 5.02 Å². The first-order chi connectivity index (χ1) is 12.3. The summed E-state index contributed by atoms with van der Waals surface area (Å²) in [6, 6.07) is 6.35. The van der Waals surface area contributed by atoms with E-state index in [0.29, 0.717) is 33.1 Å². The van der Waals surface area contributed by atoms with E-state index >= 15 is 0 Å². The molecule has 0 spiro atoms. The van der Waals surface area contributed by atoms with Crippen LogP contribution in [0.1, 0.15) is 11.5 Å². The molecule has 0 saturated heterocycles. The summed E-state index contributed by atoms with van der Waals surface area (Å²) in [6.45, 7) is 3.41. The Morgan fingerprint density at radius 1 is 1.12 bits per heavy atom. The van der Waals surface area contributed by atoms with Crippen LogP contribution in [-0.4, -0.2) is 14.3 Å². The molecule has 4 aromatic rings. The van der Waals surface area contributed by atoms with E-state index in [2.05, 4.69) is 5.10 Å². The fourth-order valence-corrected chi connectivity index (χ4v) is 3.46. The number of hydrogen-bond acceptors (Lipinski definition) is 4. The summed E-state index contributed by atoms with van der Waals surface area (Å²) in [4.78, 5) is 38.7. The van der Waals surface area contributed by atoms with Gasteiger partial charge in [-0.05, 0) is 32.0 Å². The van der Waals surface area contributed by atoms with Gasteiger partial charge < -0.3 is 8.98 Å². The number of hydrogen-bond donors (Lipinski definition) is 1. The normalized spacial score (nSPS) is 11.5. The average molecular weight is 372 g/mol. The molecule has 0 aliphatic carbocycles. The molecule has 1 N–H and O–H groups in total. The van der Waals surface area contributed by atoms with E-state index in [4.69, 9.17) is 16.0 Å². The Labute approximate surface area is 151 Å². The highest BCUT2D eigenvalue weighted by atomic mass is 35.5. The zero-order chi connectivity index (χ0) is 18.7. The van der Waals surface area contributed by atoms with Crippen molar-refractivity contribution in [2.24, 2.45) is 7.05 Å². The molecule has 8 heteroatoms. The van der Waals surface area contributed by atoms with E-state index in [-0.39, 0.29) is 10.9 Å². The summed E-state index contributed by atoms with van der Waals surface area (Å²) < 4.78 is 8.00. The van der Waals surface area contributed by atoms with E-state index in [1.165, 1.54) is 4.57 Å². The number of fused-ring (bicyclic) bond motifs is 2. The number of aryl methyl sites for hydroxylation is 3. The third-order valence-corrected chi connectivity index (χ3v) is 4.70. The van der Waals surface area contributed by atoms with Crippen molar-refractivity contribution in [1.29, 1.82) is 0 Å². The fraction of sp³-hybridized carbons (Fsp3) is 0.167. The lowest BCUT2D eigenvalue weighted by Gasteiger charge is -2.11. The van der Waals surface area contributed by atoms with Gasteiger partial charge in [0.25, 0.3) is 11.1 Å². The molecular weight excluding hydrogens is 358 g/mol. The Bertz CT molecular complexity index is 1390. The fourth-order valence-electron chi connectivity index (χ4n) is 3.30. The second-order valence-corrected chi connectivity index (χ2v) is 6.59. The number of nitrogens with zero attached hydrogens (tertiary/aromatic N) is 2. The SMILES string of the molecule is Cc1cc(-n2[nH]c(=O)c3c(c(=O)c4ccc(Cl)cc4n3C)c2=O)c(C)o1. The van der Waals surface area contributed by atoms with Crippen molar-refractivity contribution in [2.45, 2.75) is 13.8 Å². The molecule has 1 aromatic carbocycles. The van der Waals surface area contributed by atoms with Crippen molar-refractivity contribution < 1.29 is 4.42 Å². The van der Waals surface area contributed by atoms with Crippen LogP contribution in [-0.2, 0) is 7.05 Å². The van der Waals surface area contributed by atoms with Crippen molar-refractivity contribution in [3.05, 3.63) is 71.7 Å². The van der Waals surface area contributed by atoms with E-state index < -0.39 is 16.5 Å². The lowest BCUT2D eigenvalue weighted by Crippen LogP contribution is -2.34. The molecule has 3 heterocycles. The standard InChI is InChI=1S/C18H14ClN3O4/c1-8-6-12(9(2)26-8)22-18(25)14-15(17(24)20-22)21(3)13-7-10(19)4-5-11(13)16(14)23/h4-7H,1-3H3,(H,20,24).